The van der Waals surface area contributed by atoms with Gasteiger partial charge in [0.25, 0.3) is 0 Å². The number of nitrogens with zero attached hydrogens (tertiary/aromatic N) is 5. The van der Waals surface area contributed by atoms with Crippen LogP contribution < -0.4 is 14.5 Å². The first-order valence-electron chi connectivity index (χ1n) is 16.8. The predicted molar refractivity (Wildman–Crippen MR) is 191 cm³/mol. The topological polar surface area (TPSA) is 44.2 Å². The Bertz CT molecular complexity index is 1830. The molecule has 0 fully saturated rings. The second-order valence-electron chi connectivity index (χ2n) is 12.1. The van der Waals surface area contributed by atoms with E-state index in [-0.39, 0.29) is 0 Å². The molecule has 4 aromatic carbocycles. The molecule has 3 heterocycles. The Morgan fingerprint density at radius 2 is 1.37 bits per heavy atom. The zero-order valence-corrected chi connectivity index (χ0v) is 27.4. The monoisotopic (exact) mass is 609 g/mol. The fourth-order valence-electron chi connectivity index (χ4n) is 7.50. The summed E-state index contributed by atoms with van der Waals surface area (Å²) in [6.07, 6.45) is 1.92. The Morgan fingerprint density at radius 3 is 2.04 bits per heavy atom. The lowest BCUT2D eigenvalue weighted by atomic mass is 9.74. The fourth-order valence-corrected chi connectivity index (χ4v) is 7.50. The molecule has 7 rings (SSSR count). The molecule has 2 aliphatic heterocycles. The normalized spacial score (nSPS) is 14.7. The van der Waals surface area contributed by atoms with E-state index in [2.05, 4.69) is 121 Å². The number of rotatable bonds is 10. The van der Waals surface area contributed by atoms with Gasteiger partial charge in [-0.15, -0.1) is 0 Å². The van der Waals surface area contributed by atoms with Crippen LogP contribution in [0.1, 0.15) is 55.6 Å². The van der Waals surface area contributed by atoms with Crippen molar-refractivity contribution in [3.05, 3.63) is 125 Å². The van der Waals surface area contributed by atoms with Crippen molar-refractivity contribution in [2.45, 2.75) is 39.8 Å². The maximum atomic E-state index is 6.89. The van der Waals surface area contributed by atoms with Crippen LogP contribution in [0.3, 0.4) is 0 Å². The molecular formula is C40H43N5O. The van der Waals surface area contributed by atoms with Crippen LogP contribution in [-0.4, -0.2) is 55.4 Å². The molecule has 1 aromatic heterocycles. The number of fused-ring (bicyclic) bond motifs is 7. The van der Waals surface area contributed by atoms with Gasteiger partial charge in [-0.25, -0.2) is 4.98 Å². The van der Waals surface area contributed by atoms with Gasteiger partial charge in [-0.2, -0.15) is 0 Å². The number of pyridine rings is 1. The van der Waals surface area contributed by atoms with Gasteiger partial charge >= 0.3 is 0 Å². The molecule has 2 aliphatic rings. The summed E-state index contributed by atoms with van der Waals surface area (Å²) >= 11 is 0. The van der Waals surface area contributed by atoms with Crippen molar-refractivity contribution in [2.24, 2.45) is 4.99 Å². The Morgan fingerprint density at radius 1 is 0.739 bits per heavy atom. The quantitative estimate of drug-likeness (QED) is 0.149. The van der Waals surface area contributed by atoms with Gasteiger partial charge in [0.2, 0.25) is 0 Å². The van der Waals surface area contributed by atoms with Crippen LogP contribution in [-0.2, 0) is 12.1 Å². The molecule has 0 saturated heterocycles. The van der Waals surface area contributed by atoms with Crippen LogP contribution in [0.15, 0.2) is 102 Å². The smallest absolute Gasteiger partial charge is 0.135 e. The highest BCUT2D eigenvalue weighted by molar-refractivity contribution is 5.85. The summed E-state index contributed by atoms with van der Waals surface area (Å²) < 4.78 is 6.89. The summed E-state index contributed by atoms with van der Waals surface area (Å²) in [6.45, 7) is 14.9. The Labute approximate surface area is 273 Å². The van der Waals surface area contributed by atoms with Gasteiger partial charge in [0.1, 0.15) is 17.0 Å². The molecule has 234 valence electrons. The van der Waals surface area contributed by atoms with Crippen LogP contribution >= 0.6 is 0 Å². The third-order valence-corrected chi connectivity index (χ3v) is 9.77. The molecule has 0 aliphatic carbocycles. The number of ether oxygens (including phenoxy) is 1. The van der Waals surface area contributed by atoms with Crippen LogP contribution in [0, 0.1) is 0 Å². The lowest BCUT2D eigenvalue weighted by Gasteiger charge is -2.45. The molecule has 0 bridgehead atoms. The molecule has 0 saturated carbocycles. The number of aliphatic imine (C=N–C) groups is 1. The van der Waals surface area contributed by atoms with Crippen LogP contribution in [0.5, 0.6) is 11.5 Å². The molecule has 1 spiro atoms. The first-order chi connectivity index (χ1) is 22.6. The van der Waals surface area contributed by atoms with Crippen LogP contribution in [0.25, 0.3) is 10.9 Å². The average molecular weight is 610 g/mol. The van der Waals surface area contributed by atoms with Gasteiger partial charge in [0.15, 0.2) is 0 Å². The minimum absolute atomic E-state index is 0.486. The molecule has 6 heteroatoms. The molecule has 0 radical (unpaired) electrons. The summed E-state index contributed by atoms with van der Waals surface area (Å²) in [6, 6.07) is 35.0. The number of benzene rings is 4. The number of aromatic nitrogens is 1. The third-order valence-electron chi connectivity index (χ3n) is 9.77. The number of hydrogen-bond donors (Lipinski definition) is 0. The largest absolute Gasteiger partial charge is 0.456 e. The lowest BCUT2D eigenvalue weighted by Crippen LogP contribution is -2.46. The van der Waals surface area contributed by atoms with E-state index in [0.717, 1.165) is 67.4 Å². The van der Waals surface area contributed by atoms with E-state index in [0.29, 0.717) is 6.54 Å². The van der Waals surface area contributed by atoms with Gasteiger partial charge in [-0.3, -0.25) is 9.89 Å². The standard InChI is InChI=1S/C40H43N5O/c1-5-43(6-2)32-19-21-35-38(25-32)46-39-26-33(44(7-3)8-4)20-22-36(39)40(35)34-15-11-9-14-30(34)28-45(40)24-23-41-27-31-18-17-29-13-10-12-16-37(29)42-31/h9-22,25-27H,5-8,23-24,28H2,1-4H3. The Hall–Kier alpha value is -4.68. The van der Waals surface area contributed by atoms with Gasteiger partial charge < -0.3 is 14.5 Å². The van der Waals surface area contributed by atoms with Crippen molar-refractivity contribution in [1.29, 1.82) is 0 Å². The molecule has 6 nitrogen and oxygen atoms in total. The van der Waals surface area contributed by atoms with E-state index in [9.17, 15) is 0 Å². The van der Waals surface area contributed by atoms with Gasteiger partial charge in [0, 0.05) is 85.5 Å². The second kappa shape index (κ2) is 12.6. The minimum Gasteiger partial charge on any atom is -0.456 e. The van der Waals surface area contributed by atoms with Gasteiger partial charge in [-0.05, 0) is 63.1 Å². The van der Waals surface area contributed by atoms with Crippen molar-refractivity contribution in [3.8, 4) is 11.5 Å². The molecule has 5 aromatic rings. The van der Waals surface area contributed by atoms with Crippen molar-refractivity contribution in [3.63, 3.8) is 0 Å². The van der Waals surface area contributed by atoms with E-state index >= 15 is 0 Å². The van der Waals surface area contributed by atoms with Gasteiger partial charge in [-0.1, -0.05) is 60.7 Å². The summed E-state index contributed by atoms with van der Waals surface area (Å²) in [5, 5.41) is 1.14. The zero-order valence-electron chi connectivity index (χ0n) is 27.4. The summed E-state index contributed by atoms with van der Waals surface area (Å²) in [7, 11) is 0. The van der Waals surface area contributed by atoms with Crippen LogP contribution in [0.4, 0.5) is 11.4 Å². The van der Waals surface area contributed by atoms with E-state index < -0.39 is 5.54 Å². The van der Waals surface area contributed by atoms with E-state index in [1.807, 2.05) is 24.4 Å². The summed E-state index contributed by atoms with van der Waals surface area (Å²) in [5.74, 6) is 1.86. The summed E-state index contributed by atoms with van der Waals surface area (Å²) in [5.41, 5.74) is 8.82. The van der Waals surface area contributed by atoms with Crippen molar-refractivity contribution >= 4 is 28.5 Å². The predicted octanol–water partition coefficient (Wildman–Crippen LogP) is 8.26. The molecule has 46 heavy (non-hydrogen) atoms. The SMILES string of the molecule is CCN(CC)c1ccc2c(c1)Oc1cc(N(CC)CC)ccc1C21c2ccccc2CN1CCN=Cc1ccc2ccccc2n1. The number of hydrogen-bond acceptors (Lipinski definition) is 6. The van der Waals surface area contributed by atoms with Crippen molar-refractivity contribution in [1.82, 2.24) is 9.88 Å². The first kappa shape index (κ1) is 30.0. The molecule has 0 N–H and O–H groups in total. The molecule has 0 atom stereocenters. The van der Waals surface area contributed by atoms with Crippen LogP contribution in [0.2, 0.25) is 0 Å². The summed E-state index contributed by atoms with van der Waals surface area (Å²) in [4.78, 5) is 17.1. The highest BCUT2D eigenvalue weighted by Gasteiger charge is 2.52. The van der Waals surface area contributed by atoms with E-state index in [1.54, 1.807) is 0 Å². The third kappa shape index (κ3) is 5.01. The van der Waals surface area contributed by atoms with E-state index in [1.165, 1.54) is 33.6 Å². The lowest BCUT2D eigenvalue weighted by molar-refractivity contribution is 0.167. The fraction of sp³-hybridized carbons (Fsp3) is 0.300. The average Bonchev–Trinajstić information content (AvgIpc) is 3.41. The van der Waals surface area contributed by atoms with Crippen molar-refractivity contribution < 1.29 is 4.74 Å². The molecule has 0 amide bonds. The molecule has 0 unspecified atom stereocenters. The Kier molecular flexibility index (Phi) is 8.22. The van der Waals surface area contributed by atoms with Gasteiger partial charge in [0.05, 0.1) is 17.8 Å². The maximum Gasteiger partial charge on any atom is 0.135 e. The maximum absolute atomic E-state index is 6.89. The van der Waals surface area contributed by atoms with E-state index in [4.69, 9.17) is 14.7 Å². The Balaban J connectivity index is 1.32. The van der Waals surface area contributed by atoms with Crippen molar-refractivity contribution in [2.75, 3.05) is 49.1 Å². The first-order valence-corrected chi connectivity index (χ1v) is 16.8. The number of anilines is 2. The highest BCUT2D eigenvalue weighted by Crippen LogP contribution is 2.58. The number of para-hydroxylation sites is 1. The molecular weight excluding hydrogens is 566 g/mol. The minimum atomic E-state index is -0.486. The second-order valence-corrected chi connectivity index (χ2v) is 12.1. The zero-order chi connectivity index (χ0) is 31.7. The highest BCUT2D eigenvalue weighted by atomic mass is 16.5.